The van der Waals surface area contributed by atoms with Crippen LogP contribution < -0.4 is 0 Å². The molecule has 3 heteroatoms. The molecule has 3 rings (SSSR count). The highest BCUT2D eigenvalue weighted by Crippen LogP contribution is 2.53. The highest BCUT2D eigenvalue weighted by Gasteiger charge is 2.60. The van der Waals surface area contributed by atoms with Crippen molar-refractivity contribution in [3.05, 3.63) is 0 Å². The lowest BCUT2D eigenvalue weighted by molar-refractivity contribution is -0.0888. The summed E-state index contributed by atoms with van der Waals surface area (Å²) in [6.07, 6.45) is 8.35. The predicted octanol–water partition coefficient (Wildman–Crippen LogP) is 2.06. The minimum Gasteiger partial charge on any atom is -0.387 e. The standard InChI is InChI=1S/C14H22N2O/c15-11-13(6-2-1-3-7-13)14(17)8-10-16-9-4-5-12(14)16/h12,17H,1-10H2. The van der Waals surface area contributed by atoms with Gasteiger partial charge in [0.1, 0.15) is 0 Å². The topological polar surface area (TPSA) is 47.3 Å². The Hall–Kier alpha value is -0.590. The van der Waals surface area contributed by atoms with Crippen LogP contribution in [0.25, 0.3) is 0 Å². The molecule has 0 amide bonds. The molecule has 2 saturated heterocycles. The third kappa shape index (κ3) is 1.47. The zero-order valence-electron chi connectivity index (χ0n) is 10.5. The van der Waals surface area contributed by atoms with E-state index < -0.39 is 11.0 Å². The third-order valence-corrected chi connectivity index (χ3v) is 5.44. The first-order valence-corrected chi connectivity index (χ1v) is 7.10. The monoisotopic (exact) mass is 234 g/mol. The van der Waals surface area contributed by atoms with Gasteiger partial charge in [-0.15, -0.1) is 0 Å². The maximum Gasteiger partial charge on any atom is 0.0999 e. The Morgan fingerprint density at radius 1 is 1.06 bits per heavy atom. The van der Waals surface area contributed by atoms with Crippen LogP contribution >= 0.6 is 0 Å². The van der Waals surface area contributed by atoms with Crippen LogP contribution in [0.1, 0.15) is 51.4 Å². The van der Waals surface area contributed by atoms with Gasteiger partial charge in [0.15, 0.2) is 0 Å². The first-order valence-electron chi connectivity index (χ1n) is 7.10. The molecule has 17 heavy (non-hydrogen) atoms. The second-order valence-electron chi connectivity index (χ2n) is 6.12. The lowest BCUT2D eigenvalue weighted by atomic mass is 9.61. The van der Waals surface area contributed by atoms with Crippen LogP contribution in [0, 0.1) is 16.7 Å². The fourth-order valence-electron chi connectivity index (χ4n) is 4.47. The number of fused-ring (bicyclic) bond motifs is 1. The average Bonchev–Trinajstić information content (AvgIpc) is 2.95. The molecule has 2 heterocycles. The maximum absolute atomic E-state index is 11.2. The van der Waals surface area contributed by atoms with Crippen LogP contribution in [0.2, 0.25) is 0 Å². The van der Waals surface area contributed by atoms with Gasteiger partial charge in [-0.05, 0) is 38.6 Å². The van der Waals surface area contributed by atoms with Crippen molar-refractivity contribution in [3.63, 3.8) is 0 Å². The summed E-state index contributed by atoms with van der Waals surface area (Å²) in [5.74, 6) is 0. The molecule has 0 aromatic rings. The number of aliphatic hydroxyl groups is 1. The molecular weight excluding hydrogens is 212 g/mol. The van der Waals surface area contributed by atoms with Gasteiger partial charge >= 0.3 is 0 Å². The van der Waals surface area contributed by atoms with Gasteiger partial charge in [0.05, 0.1) is 17.1 Å². The van der Waals surface area contributed by atoms with Gasteiger partial charge in [0, 0.05) is 12.6 Å². The number of rotatable bonds is 1. The molecule has 1 N–H and O–H groups in total. The average molecular weight is 234 g/mol. The summed E-state index contributed by atoms with van der Waals surface area (Å²) in [5.41, 5.74) is -1.17. The van der Waals surface area contributed by atoms with Crippen molar-refractivity contribution in [1.29, 1.82) is 5.26 Å². The van der Waals surface area contributed by atoms with Crippen LogP contribution in [-0.4, -0.2) is 34.7 Å². The second-order valence-corrected chi connectivity index (χ2v) is 6.12. The molecule has 0 spiro atoms. The molecule has 0 aromatic heterocycles. The molecule has 0 radical (unpaired) electrons. The molecular formula is C14H22N2O. The highest BCUT2D eigenvalue weighted by atomic mass is 16.3. The Balaban J connectivity index is 1.93. The molecule has 1 saturated carbocycles. The largest absolute Gasteiger partial charge is 0.387 e. The van der Waals surface area contributed by atoms with E-state index in [1.165, 1.54) is 12.8 Å². The van der Waals surface area contributed by atoms with Gasteiger partial charge < -0.3 is 5.11 Å². The van der Waals surface area contributed by atoms with Crippen LogP contribution in [0.3, 0.4) is 0 Å². The quantitative estimate of drug-likeness (QED) is 0.755. The van der Waals surface area contributed by atoms with Gasteiger partial charge in [-0.25, -0.2) is 0 Å². The molecule has 0 aromatic carbocycles. The van der Waals surface area contributed by atoms with Gasteiger partial charge in [-0.1, -0.05) is 19.3 Å². The Morgan fingerprint density at radius 2 is 1.82 bits per heavy atom. The second kappa shape index (κ2) is 3.96. The van der Waals surface area contributed by atoms with E-state index in [4.69, 9.17) is 0 Å². The molecule has 94 valence electrons. The molecule has 2 atom stereocenters. The van der Waals surface area contributed by atoms with E-state index >= 15 is 0 Å². The molecule has 0 bridgehead atoms. The van der Waals surface area contributed by atoms with Crippen molar-refractivity contribution >= 4 is 0 Å². The van der Waals surface area contributed by atoms with E-state index in [1.54, 1.807) is 0 Å². The summed E-state index contributed by atoms with van der Waals surface area (Å²) >= 11 is 0. The summed E-state index contributed by atoms with van der Waals surface area (Å²) < 4.78 is 0. The van der Waals surface area contributed by atoms with Crippen LogP contribution in [0.4, 0.5) is 0 Å². The summed E-state index contributed by atoms with van der Waals surface area (Å²) in [5, 5.41) is 20.8. The van der Waals surface area contributed by atoms with E-state index in [0.717, 1.165) is 51.6 Å². The normalized spacial score (nSPS) is 41.1. The van der Waals surface area contributed by atoms with E-state index in [-0.39, 0.29) is 6.04 Å². The Labute approximate surface area is 103 Å². The van der Waals surface area contributed by atoms with Crippen LogP contribution in [0.15, 0.2) is 0 Å². The van der Waals surface area contributed by atoms with Gasteiger partial charge in [-0.3, -0.25) is 4.90 Å². The van der Waals surface area contributed by atoms with Crippen molar-refractivity contribution < 1.29 is 5.11 Å². The third-order valence-electron chi connectivity index (χ3n) is 5.44. The van der Waals surface area contributed by atoms with Gasteiger partial charge in [-0.2, -0.15) is 5.26 Å². The van der Waals surface area contributed by atoms with E-state index in [1.807, 2.05) is 0 Å². The van der Waals surface area contributed by atoms with Crippen molar-refractivity contribution in [1.82, 2.24) is 4.90 Å². The predicted molar refractivity (Wildman–Crippen MR) is 65.3 cm³/mol. The van der Waals surface area contributed by atoms with Crippen molar-refractivity contribution in [2.24, 2.45) is 5.41 Å². The smallest absolute Gasteiger partial charge is 0.0999 e. The fraction of sp³-hybridized carbons (Fsp3) is 0.929. The number of hydrogen-bond donors (Lipinski definition) is 1. The number of nitriles is 1. The van der Waals surface area contributed by atoms with E-state index in [2.05, 4.69) is 11.0 Å². The lowest BCUT2D eigenvalue weighted by Gasteiger charge is -2.46. The fourth-order valence-corrected chi connectivity index (χ4v) is 4.47. The Bertz CT molecular complexity index is 343. The zero-order chi connectivity index (χ0) is 11.9. The molecule has 2 aliphatic heterocycles. The number of hydrogen-bond acceptors (Lipinski definition) is 3. The molecule has 3 fully saturated rings. The molecule has 3 nitrogen and oxygen atoms in total. The number of nitrogens with zero attached hydrogens (tertiary/aromatic N) is 2. The van der Waals surface area contributed by atoms with E-state index in [9.17, 15) is 10.4 Å². The van der Waals surface area contributed by atoms with Crippen LogP contribution in [-0.2, 0) is 0 Å². The lowest BCUT2D eigenvalue weighted by Crippen LogP contribution is -2.55. The molecule has 2 unspecified atom stereocenters. The minimum absolute atomic E-state index is 0.264. The summed E-state index contributed by atoms with van der Waals surface area (Å²) in [4.78, 5) is 2.41. The molecule has 1 aliphatic carbocycles. The summed E-state index contributed by atoms with van der Waals surface area (Å²) in [6.45, 7) is 2.11. The van der Waals surface area contributed by atoms with Gasteiger partial charge in [0.2, 0.25) is 0 Å². The highest BCUT2D eigenvalue weighted by molar-refractivity contribution is 5.20. The minimum atomic E-state index is -0.724. The zero-order valence-corrected chi connectivity index (χ0v) is 10.5. The van der Waals surface area contributed by atoms with Crippen molar-refractivity contribution in [3.8, 4) is 6.07 Å². The summed E-state index contributed by atoms with van der Waals surface area (Å²) in [7, 11) is 0. The Kier molecular flexibility index (Phi) is 2.68. The van der Waals surface area contributed by atoms with Crippen LogP contribution in [0.5, 0.6) is 0 Å². The Morgan fingerprint density at radius 3 is 2.53 bits per heavy atom. The van der Waals surface area contributed by atoms with Gasteiger partial charge in [0.25, 0.3) is 0 Å². The first kappa shape index (κ1) is 11.5. The van der Waals surface area contributed by atoms with Crippen molar-refractivity contribution in [2.75, 3.05) is 13.1 Å². The SMILES string of the molecule is N#CC1(C2(O)CCN3CCCC32)CCCCC1. The molecule has 3 aliphatic rings. The van der Waals surface area contributed by atoms with Crippen molar-refractivity contribution in [2.45, 2.75) is 63.0 Å². The summed E-state index contributed by atoms with van der Waals surface area (Å²) in [6, 6.07) is 2.80. The maximum atomic E-state index is 11.2. The van der Waals surface area contributed by atoms with E-state index in [0.29, 0.717) is 0 Å². The first-order chi connectivity index (χ1) is 8.22.